The molecule has 0 aliphatic carbocycles. The fourth-order valence-corrected chi connectivity index (χ4v) is 0.571. The van der Waals surface area contributed by atoms with Gasteiger partial charge >= 0.3 is 0 Å². The van der Waals surface area contributed by atoms with E-state index < -0.39 is 0 Å². The highest BCUT2D eigenvalue weighted by Crippen LogP contribution is 1.86. The maximum Gasteiger partial charge on any atom is 0.192 e. The second-order valence-corrected chi connectivity index (χ2v) is 1.65. The number of nitrogens with one attached hydrogen (secondary N) is 1. The molecular formula is C7H6N2O. The van der Waals surface area contributed by atoms with E-state index >= 15 is 0 Å². The highest BCUT2D eigenvalue weighted by Gasteiger charge is 1.86. The minimum atomic E-state index is 0.506. The van der Waals surface area contributed by atoms with Gasteiger partial charge in [-0.1, -0.05) is 5.92 Å². The normalized spacial score (nSPS) is 8.00. The number of hydrogen-bond donors (Lipinski definition) is 1. The third-order valence-corrected chi connectivity index (χ3v) is 0.972. The number of carbonyl (C=O) groups is 1. The second kappa shape index (κ2) is 3.46. The monoisotopic (exact) mass is 134 g/mol. The molecule has 0 spiro atoms. The average Bonchev–Trinajstić information content (AvgIpc) is 2.41. The first-order valence-electron chi connectivity index (χ1n) is 2.84. The van der Waals surface area contributed by atoms with Gasteiger partial charge in [-0.05, 0) is 5.92 Å². The van der Waals surface area contributed by atoms with E-state index in [0.717, 1.165) is 5.82 Å². The van der Waals surface area contributed by atoms with E-state index in [0.29, 0.717) is 12.7 Å². The van der Waals surface area contributed by atoms with E-state index in [4.69, 9.17) is 0 Å². The van der Waals surface area contributed by atoms with Crippen molar-refractivity contribution >= 4 is 6.29 Å². The molecule has 0 fully saturated rings. The van der Waals surface area contributed by atoms with Crippen LogP contribution < -0.4 is 0 Å². The lowest BCUT2D eigenvalue weighted by Crippen LogP contribution is -1.82. The Bertz CT molecular complexity index is 253. The Morgan fingerprint density at radius 3 is 3.30 bits per heavy atom. The fourth-order valence-electron chi connectivity index (χ4n) is 0.571. The number of H-pyrrole nitrogens is 1. The molecule has 0 amide bonds. The Morgan fingerprint density at radius 2 is 2.70 bits per heavy atom. The zero-order valence-corrected chi connectivity index (χ0v) is 5.29. The minimum absolute atomic E-state index is 0.506. The highest BCUT2D eigenvalue weighted by atomic mass is 16.1. The van der Waals surface area contributed by atoms with Crippen LogP contribution in [0.2, 0.25) is 0 Å². The van der Waals surface area contributed by atoms with Crippen LogP contribution in [0.4, 0.5) is 0 Å². The predicted molar refractivity (Wildman–Crippen MR) is 36.1 cm³/mol. The summed E-state index contributed by atoms with van der Waals surface area (Å²) in [6.45, 7) is 0. The molecule has 0 aliphatic heterocycles. The molecule has 3 heteroatoms. The van der Waals surface area contributed by atoms with E-state index in [1.54, 1.807) is 12.4 Å². The largest absolute Gasteiger partial charge is 0.348 e. The van der Waals surface area contributed by atoms with Crippen LogP contribution >= 0.6 is 0 Å². The van der Waals surface area contributed by atoms with Crippen LogP contribution in [0.15, 0.2) is 12.4 Å². The molecule has 0 saturated heterocycles. The Morgan fingerprint density at radius 1 is 1.80 bits per heavy atom. The number of imidazole rings is 1. The predicted octanol–water partition coefficient (Wildman–Crippen LogP) is 0.154. The fraction of sp³-hybridized carbons (Fsp3) is 0.143. The number of aromatic amines is 1. The first-order valence-corrected chi connectivity index (χ1v) is 2.84. The van der Waals surface area contributed by atoms with Gasteiger partial charge in [-0.25, -0.2) is 4.98 Å². The molecule has 0 bridgehead atoms. The molecule has 0 aliphatic rings. The first kappa shape index (κ1) is 6.56. The lowest BCUT2D eigenvalue weighted by atomic mass is 10.4. The van der Waals surface area contributed by atoms with Crippen LogP contribution in [-0.2, 0) is 11.2 Å². The van der Waals surface area contributed by atoms with E-state index in [1.807, 2.05) is 0 Å². The summed E-state index contributed by atoms with van der Waals surface area (Å²) >= 11 is 0. The van der Waals surface area contributed by atoms with Gasteiger partial charge in [0.05, 0.1) is 6.42 Å². The van der Waals surface area contributed by atoms with Crippen LogP contribution in [0.3, 0.4) is 0 Å². The van der Waals surface area contributed by atoms with Gasteiger partial charge in [0.1, 0.15) is 5.82 Å². The molecule has 1 aromatic rings. The maximum atomic E-state index is 9.73. The lowest BCUT2D eigenvalue weighted by Gasteiger charge is -1.80. The number of hydrogen-bond acceptors (Lipinski definition) is 2. The summed E-state index contributed by atoms with van der Waals surface area (Å²) in [4.78, 5) is 16.5. The standard InChI is InChI=1S/C7H6N2O/c10-6-2-1-3-7-8-4-5-9-7/h4-6H,3H2,(H,8,9). The van der Waals surface area contributed by atoms with Gasteiger partial charge in [0.15, 0.2) is 6.29 Å². The lowest BCUT2D eigenvalue weighted by molar-refractivity contribution is -0.103. The molecule has 0 unspecified atom stereocenters. The summed E-state index contributed by atoms with van der Waals surface area (Å²) in [7, 11) is 0. The Labute approximate surface area is 58.5 Å². The van der Waals surface area contributed by atoms with Gasteiger partial charge in [-0.2, -0.15) is 0 Å². The van der Waals surface area contributed by atoms with E-state index in [9.17, 15) is 4.79 Å². The average molecular weight is 134 g/mol. The molecule has 1 heterocycles. The Balaban J connectivity index is 2.49. The van der Waals surface area contributed by atoms with Crippen LogP contribution in [0.5, 0.6) is 0 Å². The van der Waals surface area contributed by atoms with E-state index in [2.05, 4.69) is 21.8 Å². The molecular weight excluding hydrogens is 128 g/mol. The molecule has 3 nitrogen and oxygen atoms in total. The van der Waals surface area contributed by atoms with Gasteiger partial charge < -0.3 is 4.98 Å². The van der Waals surface area contributed by atoms with Gasteiger partial charge in [0.2, 0.25) is 0 Å². The van der Waals surface area contributed by atoms with Crippen molar-refractivity contribution in [3.63, 3.8) is 0 Å². The highest BCUT2D eigenvalue weighted by molar-refractivity contribution is 5.72. The van der Waals surface area contributed by atoms with Crippen molar-refractivity contribution in [2.45, 2.75) is 6.42 Å². The van der Waals surface area contributed by atoms with Gasteiger partial charge in [0, 0.05) is 12.4 Å². The molecule has 0 saturated carbocycles. The first-order chi connectivity index (χ1) is 4.93. The summed E-state index contributed by atoms with van der Waals surface area (Å²) in [5.74, 6) is 5.71. The summed E-state index contributed by atoms with van der Waals surface area (Å²) in [6, 6.07) is 0. The van der Waals surface area contributed by atoms with Crippen LogP contribution in [0, 0.1) is 11.8 Å². The SMILES string of the molecule is O=CC#CCc1ncc[nH]1. The molecule has 0 atom stereocenters. The minimum Gasteiger partial charge on any atom is -0.348 e. The van der Waals surface area contributed by atoms with E-state index in [-0.39, 0.29) is 0 Å². The molecule has 0 aromatic carbocycles. The summed E-state index contributed by atoms with van der Waals surface area (Å²) in [5, 5.41) is 0. The molecule has 1 aromatic heterocycles. The summed E-state index contributed by atoms with van der Waals surface area (Å²) in [6.07, 6.45) is 4.45. The van der Waals surface area contributed by atoms with Crippen molar-refractivity contribution in [2.24, 2.45) is 0 Å². The molecule has 10 heavy (non-hydrogen) atoms. The number of aromatic nitrogens is 2. The molecule has 50 valence electrons. The second-order valence-electron chi connectivity index (χ2n) is 1.65. The third-order valence-electron chi connectivity index (χ3n) is 0.972. The van der Waals surface area contributed by atoms with Gasteiger partial charge in [-0.3, -0.25) is 4.79 Å². The van der Waals surface area contributed by atoms with Crippen LogP contribution in [-0.4, -0.2) is 16.3 Å². The van der Waals surface area contributed by atoms with Crippen molar-refractivity contribution in [2.75, 3.05) is 0 Å². The Kier molecular flexibility index (Phi) is 2.27. The van der Waals surface area contributed by atoms with Gasteiger partial charge in [0.25, 0.3) is 0 Å². The molecule has 1 rings (SSSR count). The van der Waals surface area contributed by atoms with Crippen LogP contribution in [0.25, 0.3) is 0 Å². The zero-order chi connectivity index (χ0) is 7.23. The smallest absolute Gasteiger partial charge is 0.192 e. The summed E-state index contributed by atoms with van der Waals surface area (Å²) < 4.78 is 0. The summed E-state index contributed by atoms with van der Waals surface area (Å²) in [5.41, 5.74) is 0. The maximum absolute atomic E-state index is 9.73. The number of carbonyl (C=O) groups excluding carboxylic acids is 1. The van der Waals surface area contributed by atoms with Crippen molar-refractivity contribution in [1.82, 2.24) is 9.97 Å². The quantitative estimate of drug-likeness (QED) is 0.439. The van der Waals surface area contributed by atoms with Crippen molar-refractivity contribution in [1.29, 1.82) is 0 Å². The topological polar surface area (TPSA) is 45.8 Å². The number of rotatable bonds is 1. The number of nitrogens with zero attached hydrogens (tertiary/aromatic N) is 1. The van der Waals surface area contributed by atoms with Crippen molar-refractivity contribution < 1.29 is 4.79 Å². The van der Waals surface area contributed by atoms with Crippen LogP contribution in [0.1, 0.15) is 5.82 Å². The van der Waals surface area contributed by atoms with Crippen molar-refractivity contribution in [3.8, 4) is 11.8 Å². The number of aldehydes is 1. The van der Waals surface area contributed by atoms with Gasteiger partial charge in [-0.15, -0.1) is 0 Å². The third kappa shape index (κ3) is 1.75. The van der Waals surface area contributed by atoms with Crippen molar-refractivity contribution in [3.05, 3.63) is 18.2 Å². The molecule has 0 radical (unpaired) electrons. The Hall–Kier alpha value is -1.56. The molecule has 1 N–H and O–H groups in total. The zero-order valence-electron chi connectivity index (χ0n) is 5.29. The van der Waals surface area contributed by atoms with E-state index in [1.165, 1.54) is 0 Å².